The highest BCUT2D eigenvalue weighted by Crippen LogP contribution is 2.23. The second kappa shape index (κ2) is 6.91. The molecule has 2 heterocycles. The van der Waals surface area contributed by atoms with Gasteiger partial charge in [-0.15, -0.1) is 0 Å². The number of ether oxygens (including phenoxy) is 2. The lowest BCUT2D eigenvalue weighted by molar-refractivity contribution is -0.128. The maximum atomic E-state index is 12.4. The number of hydrogen-bond donors (Lipinski definition) is 1. The molecule has 118 valence electrons. The van der Waals surface area contributed by atoms with Crippen LogP contribution in [0.15, 0.2) is 12.2 Å². The molecule has 2 amide bonds. The van der Waals surface area contributed by atoms with E-state index >= 15 is 0 Å². The Bertz CT molecular complexity index is 420. The molecule has 7 nitrogen and oxygen atoms in total. The smallest absolute Gasteiger partial charge is 0.410 e. The first kappa shape index (κ1) is 15.8. The van der Waals surface area contributed by atoms with Crippen molar-refractivity contribution >= 4 is 12.0 Å². The molecule has 7 heteroatoms. The Balaban J connectivity index is 1.83. The summed E-state index contributed by atoms with van der Waals surface area (Å²) >= 11 is 0. The van der Waals surface area contributed by atoms with Crippen LogP contribution in [0.2, 0.25) is 0 Å². The molecule has 2 rings (SSSR count). The lowest BCUT2D eigenvalue weighted by Gasteiger charge is -2.32. The zero-order valence-electron chi connectivity index (χ0n) is 12.6. The number of carbonyl (C=O) groups is 2. The molecule has 1 fully saturated rings. The van der Waals surface area contributed by atoms with E-state index in [0.717, 1.165) is 32.8 Å². The summed E-state index contributed by atoms with van der Waals surface area (Å²) < 4.78 is 10.0. The molecular weight excluding hydrogens is 274 g/mol. The topological polar surface area (TPSA) is 71.1 Å². The molecular formula is C14H23N3O4. The van der Waals surface area contributed by atoms with E-state index in [1.165, 1.54) is 12.0 Å². The van der Waals surface area contributed by atoms with Gasteiger partial charge in [0.2, 0.25) is 5.91 Å². The first-order valence-corrected chi connectivity index (χ1v) is 7.19. The summed E-state index contributed by atoms with van der Waals surface area (Å²) in [6.45, 7) is 6.71. The van der Waals surface area contributed by atoms with Crippen LogP contribution in [0.25, 0.3) is 0 Å². The maximum absolute atomic E-state index is 12.4. The molecule has 2 aliphatic rings. The first-order valence-electron chi connectivity index (χ1n) is 7.19. The van der Waals surface area contributed by atoms with Gasteiger partial charge in [-0.25, -0.2) is 4.79 Å². The van der Waals surface area contributed by atoms with Gasteiger partial charge in [-0.1, -0.05) is 12.2 Å². The molecule has 1 atom stereocenters. The number of nitrogens with one attached hydrogen (secondary N) is 1. The zero-order valence-corrected chi connectivity index (χ0v) is 12.6. The van der Waals surface area contributed by atoms with Crippen LogP contribution in [0.4, 0.5) is 4.79 Å². The van der Waals surface area contributed by atoms with Gasteiger partial charge >= 0.3 is 6.09 Å². The summed E-state index contributed by atoms with van der Waals surface area (Å²) in [6.07, 6.45) is 3.05. The molecule has 1 N–H and O–H groups in total. The normalized spacial score (nSPS) is 25.9. The van der Waals surface area contributed by atoms with Crippen molar-refractivity contribution in [3.8, 4) is 0 Å². The molecule has 0 bridgehead atoms. The van der Waals surface area contributed by atoms with Crippen LogP contribution in [-0.2, 0) is 14.3 Å². The van der Waals surface area contributed by atoms with E-state index in [1.54, 1.807) is 19.1 Å². The zero-order chi connectivity index (χ0) is 15.3. The number of hydrogen-bond acceptors (Lipinski definition) is 5. The van der Waals surface area contributed by atoms with Gasteiger partial charge in [0.15, 0.2) is 0 Å². The SMILES string of the molecule is COC(=O)N1CC=CC1(C)C(=O)NCCN1CCOCC1. The molecule has 1 saturated heterocycles. The number of amides is 2. The van der Waals surface area contributed by atoms with E-state index in [0.29, 0.717) is 13.1 Å². The molecule has 0 aromatic carbocycles. The van der Waals surface area contributed by atoms with Gasteiger partial charge < -0.3 is 14.8 Å². The van der Waals surface area contributed by atoms with Crippen molar-refractivity contribution in [2.75, 3.05) is 53.0 Å². The minimum absolute atomic E-state index is 0.185. The van der Waals surface area contributed by atoms with Crippen LogP contribution < -0.4 is 5.32 Å². The Kier molecular flexibility index (Phi) is 5.19. The van der Waals surface area contributed by atoms with E-state index in [4.69, 9.17) is 9.47 Å². The van der Waals surface area contributed by atoms with Crippen molar-refractivity contribution in [2.24, 2.45) is 0 Å². The van der Waals surface area contributed by atoms with Crippen LogP contribution in [0.5, 0.6) is 0 Å². The number of carbonyl (C=O) groups excluding carboxylic acids is 2. The molecule has 0 aromatic rings. The van der Waals surface area contributed by atoms with Gasteiger partial charge in [-0.3, -0.25) is 14.6 Å². The summed E-state index contributed by atoms with van der Waals surface area (Å²) in [6, 6.07) is 0. The predicted molar refractivity (Wildman–Crippen MR) is 76.9 cm³/mol. The Morgan fingerprint density at radius 3 is 2.76 bits per heavy atom. The average molecular weight is 297 g/mol. The molecule has 0 aromatic heterocycles. The second-order valence-corrected chi connectivity index (χ2v) is 5.34. The van der Waals surface area contributed by atoms with E-state index in [-0.39, 0.29) is 5.91 Å². The minimum atomic E-state index is -0.974. The van der Waals surface area contributed by atoms with Crippen molar-refractivity contribution in [2.45, 2.75) is 12.5 Å². The van der Waals surface area contributed by atoms with Crippen molar-refractivity contribution in [1.29, 1.82) is 0 Å². The van der Waals surface area contributed by atoms with Gasteiger partial charge in [-0.05, 0) is 6.92 Å². The Hall–Kier alpha value is -1.60. The summed E-state index contributed by atoms with van der Waals surface area (Å²) in [4.78, 5) is 27.8. The Labute approximate surface area is 124 Å². The van der Waals surface area contributed by atoms with Gasteiger partial charge in [0, 0.05) is 32.7 Å². The third kappa shape index (κ3) is 3.54. The lowest BCUT2D eigenvalue weighted by atomic mass is 10.0. The van der Waals surface area contributed by atoms with Crippen LogP contribution >= 0.6 is 0 Å². The van der Waals surface area contributed by atoms with Crippen molar-refractivity contribution < 1.29 is 19.1 Å². The number of morpholine rings is 1. The van der Waals surface area contributed by atoms with Gasteiger partial charge in [0.05, 0.1) is 20.3 Å². The number of nitrogens with zero attached hydrogens (tertiary/aromatic N) is 2. The summed E-state index contributed by atoms with van der Waals surface area (Å²) in [7, 11) is 1.32. The van der Waals surface area contributed by atoms with E-state index in [2.05, 4.69) is 10.2 Å². The second-order valence-electron chi connectivity index (χ2n) is 5.34. The standard InChI is InChI=1S/C14H23N3O4/c1-14(4-3-6-17(14)13(19)20-2)12(18)15-5-7-16-8-10-21-11-9-16/h3-4H,5-11H2,1-2H3,(H,15,18). The molecule has 21 heavy (non-hydrogen) atoms. The van der Waals surface area contributed by atoms with Crippen LogP contribution in [-0.4, -0.2) is 80.4 Å². The number of methoxy groups -OCH3 is 1. The molecule has 1 unspecified atom stereocenters. The minimum Gasteiger partial charge on any atom is -0.453 e. The largest absolute Gasteiger partial charge is 0.453 e. The van der Waals surface area contributed by atoms with Crippen molar-refractivity contribution in [3.05, 3.63) is 12.2 Å². The highest BCUT2D eigenvalue weighted by molar-refractivity contribution is 5.92. The van der Waals surface area contributed by atoms with Crippen molar-refractivity contribution in [3.63, 3.8) is 0 Å². The highest BCUT2D eigenvalue weighted by atomic mass is 16.5. The molecule has 0 saturated carbocycles. The summed E-state index contributed by atoms with van der Waals surface area (Å²) in [5.74, 6) is -0.185. The fourth-order valence-electron chi connectivity index (χ4n) is 2.57. The average Bonchev–Trinajstić information content (AvgIpc) is 2.91. The summed E-state index contributed by atoms with van der Waals surface area (Å²) in [5.41, 5.74) is -0.974. The van der Waals surface area contributed by atoms with Gasteiger partial charge in [0.1, 0.15) is 5.54 Å². The molecule has 0 spiro atoms. The number of rotatable bonds is 4. The fourth-order valence-corrected chi connectivity index (χ4v) is 2.57. The third-order valence-corrected chi connectivity index (χ3v) is 3.96. The van der Waals surface area contributed by atoms with Gasteiger partial charge in [0.25, 0.3) is 0 Å². The molecule has 0 aliphatic carbocycles. The monoisotopic (exact) mass is 297 g/mol. The lowest BCUT2D eigenvalue weighted by Crippen LogP contribution is -2.56. The molecule has 0 radical (unpaired) electrons. The van der Waals surface area contributed by atoms with E-state index in [9.17, 15) is 9.59 Å². The quantitative estimate of drug-likeness (QED) is 0.730. The van der Waals surface area contributed by atoms with Crippen LogP contribution in [0, 0.1) is 0 Å². The fraction of sp³-hybridized carbons (Fsp3) is 0.714. The maximum Gasteiger partial charge on any atom is 0.410 e. The van der Waals surface area contributed by atoms with Crippen LogP contribution in [0.3, 0.4) is 0 Å². The van der Waals surface area contributed by atoms with Crippen molar-refractivity contribution in [1.82, 2.24) is 15.1 Å². The van der Waals surface area contributed by atoms with Gasteiger partial charge in [-0.2, -0.15) is 0 Å². The first-order chi connectivity index (χ1) is 10.1. The Morgan fingerprint density at radius 1 is 1.38 bits per heavy atom. The molecule has 2 aliphatic heterocycles. The predicted octanol–water partition coefficient (Wildman–Crippen LogP) is -0.168. The van der Waals surface area contributed by atoms with E-state index in [1.807, 2.05) is 0 Å². The third-order valence-electron chi connectivity index (χ3n) is 3.96. The van der Waals surface area contributed by atoms with E-state index < -0.39 is 11.6 Å². The summed E-state index contributed by atoms with van der Waals surface area (Å²) in [5, 5.41) is 2.90. The Morgan fingerprint density at radius 2 is 2.10 bits per heavy atom. The van der Waals surface area contributed by atoms with Crippen LogP contribution in [0.1, 0.15) is 6.92 Å². The highest BCUT2D eigenvalue weighted by Gasteiger charge is 2.43.